The third-order valence-electron chi connectivity index (χ3n) is 7.01. The third-order valence-corrected chi connectivity index (χ3v) is 7.01. The normalized spacial score (nSPS) is 17.5. The summed E-state index contributed by atoms with van der Waals surface area (Å²) in [5.41, 5.74) is 4.11. The zero-order valence-electron chi connectivity index (χ0n) is 19.3. The Morgan fingerprint density at radius 1 is 0.939 bits per heavy atom. The van der Waals surface area contributed by atoms with Crippen molar-refractivity contribution in [3.05, 3.63) is 53.6 Å². The molecule has 5 rings (SSSR count). The molecule has 2 saturated heterocycles. The topological polar surface area (TPSA) is 66.7 Å². The number of fused-ring (bicyclic) bond motifs is 1. The number of amides is 2. The minimum atomic E-state index is 0.0255. The van der Waals surface area contributed by atoms with Crippen molar-refractivity contribution in [1.29, 1.82) is 0 Å². The standard InChI is InChI=1S/C27H31N3O3/c1-19-5-7-21(8-6-19)26-28-23-18-22(9-10-24(23)33-26)27(32)30-15-11-20(12-16-30)17-25(31)29-13-3-2-4-14-29/h5-10,18,20H,2-4,11-17H2,1H3. The summed E-state index contributed by atoms with van der Waals surface area (Å²) in [5, 5.41) is 0. The quantitative estimate of drug-likeness (QED) is 0.563. The third kappa shape index (κ3) is 4.80. The fourth-order valence-electron chi connectivity index (χ4n) is 4.92. The van der Waals surface area contributed by atoms with Crippen molar-refractivity contribution >= 4 is 22.9 Å². The molecule has 6 nitrogen and oxygen atoms in total. The highest BCUT2D eigenvalue weighted by Crippen LogP contribution is 2.27. The van der Waals surface area contributed by atoms with E-state index in [0.29, 0.717) is 53.9 Å². The van der Waals surface area contributed by atoms with Crippen LogP contribution in [-0.2, 0) is 4.79 Å². The van der Waals surface area contributed by atoms with Gasteiger partial charge in [0.1, 0.15) is 5.52 Å². The molecule has 0 unspecified atom stereocenters. The van der Waals surface area contributed by atoms with Gasteiger partial charge < -0.3 is 14.2 Å². The van der Waals surface area contributed by atoms with E-state index in [9.17, 15) is 9.59 Å². The number of carbonyl (C=O) groups excluding carboxylic acids is 2. The van der Waals surface area contributed by atoms with E-state index in [-0.39, 0.29) is 5.91 Å². The van der Waals surface area contributed by atoms with Crippen LogP contribution in [0.2, 0.25) is 0 Å². The van der Waals surface area contributed by atoms with E-state index in [4.69, 9.17) is 4.42 Å². The number of likely N-dealkylation sites (tertiary alicyclic amines) is 2. The Balaban J connectivity index is 1.21. The lowest BCUT2D eigenvalue weighted by molar-refractivity contribution is -0.133. The summed E-state index contributed by atoms with van der Waals surface area (Å²) in [6, 6.07) is 13.5. The summed E-state index contributed by atoms with van der Waals surface area (Å²) < 4.78 is 5.90. The van der Waals surface area contributed by atoms with Gasteiger partial charge in [-0.3, -0.25) is 9.59 Å². The van der Waals surface area contributed by atoms with Crippen molar-refractivity contribution in [2.45, 2.75) is 45.4 Å². The molecule has 2 aromatic carbocycles. The number of carbonyl (C=O) groups is 2. The molecule has 3 aromatic rings. The molecule has 33 heavy (non-hydrogen) atoms. The zero-order valence-corrected chi connectivity index (χ0v) is 19.3. The molecule has 0 aliphatic carbocycles. The number of aromatic nitrogens is 1. The van der Waals surface area contributed by atoms with E-state index in [0.717, 1.165) is 44.3 Å². The molecule has 3 heterocycles. The number of hydrogen-bond acceptors (Lipinski definition) is 4. The van der Waals surface area contributed by atoms with Crippen LogP contribution in [0.25, 0.3) is 22.6 Å². The average Bonchev–Trinajstić information content (AvgIpc) is 3.28. The van der Waals surface area contributed by atoms with Crippen LogP contribution in [0.4, 0.5) is 0 Å². The molecule has 0 atom stereocenters. The lowest BCUT2D eigenvalue weighted by atomic mass is 9.92. The van der Waals surface area contributed by atoms with Gasteiger partial charge in [0.15, 0.2) is 5.58 Å². The molecule has 6 heteroatoms. The van der Waals surface area contributed by atoms with Crippen molar-refractivity contribution < 1.29 is 14.0 Å². The van der Waals surface area contributed by atoms with E-state index >= 15 is 0 Å². The lowest BCUT2D eigenvalue weighted by Crippen LogP contribution is -2.41. The number of rotatable bonds is 4. The van der Waals surface area contributed by atoms with E-state index < -0.39 is 0 Å². The highest BCUT2D eigenvalue weighted by Gasteiger charge is 2.27. The van der Waals surface area contributed by atoms with Gasteiger partial charge in [-0.15, -0.1) is 0 Å². The number of piperidine rings is 2. The summed E-state index contributed by atoms with van der Waals surface area (Å²) in [4.78, 5) is 34.2. The van der Waals surface area contributed by atoms with Crippen LogP contribution in [0.3, 0.4) is 0 Å². The average molecular weight is 446 g/mol. The van der Waals surface area contributed by atoms with Crippen molar-refractivity contribution in [2.24, 2.45) is 5.92 Å². The Morgan fingerprint density at radius 3 is 2.39 bits per heavy atom. The first kappa shape index (κ1) is 21.7. The molecule has 2 aliphatic heterocycles. The van der Waals surface area contributed by atoms with E-state index in [1.165, 1.54) is 12.0 Å². The fraction of sp³-hybridized carbons (Fsp3) is 0.444. The van der Waals surface area contributed by atoms with E-state index in [1.807, 2.05) is 59.2 Å². The van der Waals surface area contributed by atoms with E-state index in [1.54, 1.807) is 0 Å². The highest BCUT2D eigenvalue weighted by atomic mass is 16.3. The number of nitrogens with zero attached hydrogens (tertiary/aromatic N) is 3. The van der Waals surface area contributed by atoms with Gasteiger partial charge in [-0.2, -0.15) is 0 Å². The SMILES string of the molecule is Cc1ccc(-c2nc3cc(C(=O)N4CCC(CC(=O)N5CCCCC5)CC4)ccc3o2)cc1. The molecule has 2 aliphatic rings. The molecule has 1 aromatic heterocycles. The predicted octanol–water partition coefficient (Wildman–Crippen LogP) is 5.06. The minimum Gasteiger partial charge on any atom is -0.436 e. The van der Waals surface area contributed by atoms with E-state index in [2.05, 4.69) is 4.98 Å². The summed E-state index contributed by atoms with van der Waals surface area (Å²) in [7, 11) is 0. The van der Waals surface area contributed by atoms with Crippen LogP contribution >= 0.6 is 0 Å². The first-order valence-corrected chi connectivity index (χ1v) is 12.1. The Morgan fingerprint density at radius 2 is 1.67 bits per heavy atom. The van der Waals surface area contributed by atoms with Gasteiger partial charge in [0.05, 0.1) is 0 Å². The Hall–Kier alpha value is -3.15. The molecule has 172 valence electrons. The van der Waals surface area contributed by atoms with Crippen molar-refractivity contribution in [3.8, 4) is 11.5 Å². The largest absolute Gasteiger partial charge is 0.436 e. The smallest absolute Gasteiger partial charge is 0.253 e. The summed E-state index contributed by atoms with van der Waals surface area (Å²) in [5.74, 6) is 1.25. The van der Waals surface area contributed by atoms with Crippen molar-refractivity contribution in [2.75, 3.05) is 26.2 Å². The van der Waals surface area contributed by atoms with Gasteiger partial charge in [-0.05, 0) is 75.3 Å². The number of hydrogen-bond donors (Lipinski definition) is 0. The van der Waals surface area contributed by atoms with Gasteiger partial charge in [0.2, 0.25) is 11.8 Å². The summed E-state index contributed by atoms with van der Waals surface area (Å²) >= 11 is 0. The van der Waals surface area contributed by atoms with Crippen LogP contribution in [0.5, 0.6) is 0 Å². The second kappa shape index (κ2) is 9.38. The molecule has 0 bridgehead atoms. The van der Waals surface area contributed by atoms with Crippen LogP contribution < -0.4 is 0 Å². The Labute approximate surface area is 194 Å². The second-order valence-electron chi connectivity index (χ2n) is 9.45. The predicted molar refractivity (Wildman–Crippen MR) is 128 cm³/mol. The second-order valence-corrected chi connectivity index (χ2v) is 9.45. The minimum absolute atomic E-state index is 0.0255. The van der Waals surface area contributed by atoms with Crippen LogP contribution in [0.1, 0.15) is 54.4 Å². The van der Waals surface area contributed by atoms with Crippen LogP contribution in [-0.4, -0.2) is 52.8 Å². The maximum absolute atomic E-state index is 13.1. The monoisotopic (exact) mass is 445 g/mol. The maximum Gasteiger partial charge on any atom is 0.253 e. The molecule has 2 amide bonds. The first-order chi connectivity index (χ1) is 16.1. The molecule has 0 N–H and O–H groups in total. The summed E-state index contributed by atoms with van der Waals surface area (Å²) in [6.07, 6.45) is 5.87. The molecular formula is C27H31N3O3. The van der Waals surface area contributed by atoms with Gasteiger partial charge in [-0.1, -0.05) is 17.7 Å². The summed E-state index contributed by atoms with van der Waals surface area (Å²) in [6.45, 7) is 5.26. The first-order valence-electron chi connectivity index (χ1n) is 12.1. The molecular weight excluding hydrogens is 414 g/mol. The van der Waals surface area contributed by atoms with Crippen molar-refractivity contribution in [1.82, 2.24) is 14.8 Å². The number of oxazole rings is 1. The molecule has 2 fully saturated rings. The van der Waals surface area contributed by atoms with Crippen LogP contribution in [0, 0.1) is 12.8 Å². The maximum atomic E-state index is 13.1. The Kier molecular flexibility index (Phi) is 6.16. The molecule has 0 spiro atoms. The number of benzene rings is 2. The highest BCUT2D eigenvalue weighted by molar-refractivity contribution is 5.97. The Bertz CT molecular complexity index is 1140. The number of aryl methyl sites for hydroxylation is 1. The molecule has 0 saturated carbocycles. The van der Waals surface area contributed by atoms with Gasteiger partial charge in [0.25, 0.3) is 5.91 Å². The zero-order chi connectivity index (χ0) is 22.8. The van der Waals surface area contributed by atoms with Gasteiger partial charge >= 0.3 is 0 Å². The molecule has 0 radical (unpaired) electrons. The van der Waals surface area contributed by atoms with Crippen LogP contribution in [0.15, 0.2) is 46.9 Å². The fourth-order valence-corrected chi connectivity index (χ4v) is 4.92. The van der Waals surface area contributed by atoms with Gasteiger partial charge in [-0.25, -0.2) is 4.98 Å². The lowest BCUT2D eigenvalue weighted by Gasteiger charge is -2.33. The van der Waals surface area contributed by atoms with Crippen molar-refractivity contribution in [3.63, 3.8) is 0 Å². The van der Waals surface area contributed by atoms with Gasteiger partial charge in [0, 0.05) is 43.7 Å².